The molecule has 0 amide bonds. The molecule has 0 heterocycles. The third kappa shape index (κ3) is 6.32. The molecule has 0 saturated carbocycles. The number of alkyl halides is 4. The molecule has 2 aromatic rings. The summed E-state index contributed by atoms with van der Waals surface area (Å²) >= 11 is 15.1. The number of halogens is 6. The lowest BCUT2D eigenvalue weighted by Crippen LogP contribution is -2.41. The van der Waals surface area contributed by atoms with Crippen LogP contribution in [-0.2, 0) is 14.8 Å². The average molecular weight is 535 g/mol. The molecule has 0 aliphatic rings. The fourth-order valence-corrected chi connectivity index (χ4v) is 4.05. The Morgan fingerprint density at radius 1 is 1.14 bits per heavy atom. The van der Waals surface area contributed by atoms with E-state index in [1.165, 1.54) is 35.1 Å². The van der Waals surface area contributed by atoms with Gasteiger partial charge in [-0.15, -0.1) is 0 Å². The van der Waals surface area contributed by atoms with Crippen LogP contribution in [0.5, 0.6) is 0 Å². The fraction of sp³-hybridized carbons (Fsp3) is 0.235. The number of carbonyl (C=O) groups excluding carboxylic acids is 1. The van der Waals surface area contributed by atoms with Gasteiger partial charge in [-0.3, -0.25) is 0 Å². The molecule has 0 bridgehead atoms. The molecule has 0 fully saturated rings. The molecule has 29 heavy (non-hydrogen) atoms. The van der Waals surface area contributed by atoms with E-state index in [9.17, 15) is 26.4 Å². The van der Waals surface area contributed by atoms with Crippen molar-refractivity contribution in [3.63, 3.8) is 0 Å². The summed E-state index contributed by atoms with van der Waals surface area (Å²) in [7, 11) is -5.58. The van der Waals surface area contributed by atoms with Crippen LogP contribution >= 0.6 is 39.1 Å². The van der Waals surface area contributed by atoms with Crippen molar-refractivity contribution in [2.45, 2.75) is 16.4 Å². The lowest BCUT2D eigenvalue weighted by atomic mass is 10.1. The first-order chi connectivity index (χ1) is 13.4. The normalized spacial score (nSPS) is 14.3. The SMILES string of the molecule is O=C(O[C@@H](c1ccc(Cl)cc1Cl)[C@H](Br)CNS(=O)(=O)C(F)(F)F)c1ccccc1. The molecule has 2 aromatic carbocycles. The number of nitrogens with one attached hydrogen (secondary N) is 1. The van der Waals surface area contributed by atoms with Gasteiger partial charge in [0.2, 0.25) is 0 Å². The van der Waals surface area contributed by atoms with Gasteiger partial charge < -0.3 is 4.74 Å². The molecule has 0 spiro atoms. The summed E-state index contributed by atoms with van der Waals surface area (Å²) in [6.07, 6.45) is -1.22. The summed E-state index contributed by atoms with van der Waals surface area (Å²) in [5.74, 6) is -0.773. The van der Waals surface area contributed by atoms with E-state index in [2.05, 4.69) is 15.9 Å². The number of carbonyl (C=O) groups is 1. The highest BCUT2D eigenvalue weighted by Gasteiger charge is 2.46. The predicted octanol–water partition coefficient (Wildman–Crippen LogP) is 5.09. The van der Waals surface area contributed by atoms with E-state index in [1.54, 1.807) is 18.2 Å². The maximum Gasteiger partial charge on any atom is 0.511 e. The number of sulfonamides is 1. The Bertz CT molecular complexity index is 974. The van der Waals surface area contributed by atoms with Crippen LogP contribution in [0.4, 0.5) is 13.2 Å². The van der Waals surface area contributed by atoms with Crippen LogP contribution in [-0.4, -0.2) is 31.3 Å². The Labute approximate surface area is 183 Å². The molecule has 2 rings (SSSR count). The minimum atomic E-state index is -5.58. The lowest BCUT2D eigenvalue weighted by Gasteiger charge is -2.25. The molecule has 5 nitrogen and oxygen atoms in total. The van der Waals surface area contributed by atoms with Gasteiger partial charge in [0.15, 0.2) is 0 Å². The zero-order valence-electron chi connectivity index (χ0n) is 14.3. The van der Waals surface area contributed by atoms with Crippen molar-refractivity contribution in [3.05, 3.63) is 69.7 Å². The van der Waals surface area contributed by atoms with Crippen molar-refractivity contribution in [2.24, 2.45) is 0 Å². The molecule has 12 heteroatoms. The highest BCUT2D eigenvalue weighted by molar-refractivity contribution is 9.09. The summed E-state index contributed by atoms with van der Waals surface area (Å²) in [6.45, 7) is -0.729. The zero-order valence-corrected chi connectivity index (χ0v) is 18.2. The molecule has 0 saturated heterocycles. The highest BCUT2D eigenvalue weighted by atomic mass is 79.9. The van der Waals surface area contributed by atoms with Crippen molar-refractivity contribution in [3.8, 4) is 0 Å². The number of hydrogen-bond donors (Lipinski definition) is 1. The van der Waals surface area contributed by atoms with Gasteiger partial charge in [0, 0.05) is 22.2 Å². The van der Waals surface area contributed by atoms with E-state index in [-0.39, 0.29) is 21.2 Å². The maximum absolute atomic E-state index is 12.6. The first-order valence-corrected chi connectivity index (χ1v) is 11.0. The first kappa shape index (κ1) is 23.9. The summed E-state index contributed by atoms with van der Waals surface area (Å²) < 4.78 is 67.1. The number of hydrogen-bond acceptors (Lipinski definition) is 4. The molecule has 1 N–H and O–H groups in total. The van der Waals surface area contributed by atoms with E-state index in [0.717, 1.165) is 0 Å². The Balaban J connectivity index is 2.30. The fourth-order valence-electron chi connectivity index (χ4n) is 2.20. The Kier molecular flexibility index (Phi) is 7.97. The predicted molar refractivity (Wildman–Crippen MR) is 107 cm³/mol. The Hall–Kier alpha value is -1.33. The van der Waals surface area contributed by atoms with Crippen molar-refractivity contribution >= 4 is 55.1 Å². The van der Waals surface area contributed by atoms with Crippen LogP contribution in [0.3, 0.4) is 0 Å². The minimum absolute atomic E-state index is 0.0893. The van der Waals surface area contributed by atoms with Gasteiger partial charge in [0.1, 0.15) is 6.10 Å². The Morgan fingerprint density at radius 3 is 2.31 bits per heavy atom. The third-order valence-corrected chi connectivity index (χ3v) is 6.14. The second kappa shape index (κ2) is 9.65. The summed E-state index contributed by atoms with van der Waals surface area (Å²) in [5, 5.41) is 0.377. The van der Waals surface area contributed by atoms with Gasteiger partial charge in [-0.2, -0.15) is 13.2 Å². The molecular formula is C17H13BrCl2F3NO4S. The van der Waals surface area contributed by atoms with Crippen LogP contribution in [0.1, 0.15) is 22.0 Å². The summed E-state index contributed by atoms with van der Waals surface area (Å²) in [5.41, 5.74) is -5.06. The minimum Gasteiger partial charge on any atom is -0.453 e. The number of rotatable bonds is 7. The second-order valence-corrected chi connectivity index (χ2v) is 9.45. The zero-order chi connectivity index (χ0) is 21.8. The monoisotopic (exact) mass is 533 g/mol. The van der Waals surface area contributed by atoms with Crippen LogP contribution in [0.2, 0.25) is 10.0 Å². The summed E-state index contributed by atoms with van der Waals surface area (Å²) in [4.78, 5) is 11.4. The second-order valence-electron chi connectivity index (χ2n) is 5.67. The van der Waals surface area contributed by atoms with Gasteiger partial charge in [-0.1, -0.05) is 63.4 Å². The van der Waals surface area contributed by atoms with E-state index in [4.69, 9.17) is 27.9 Å². The number of ether oxygens (including phenoxy) is 1. The van der Waals surface area contributed by atoms with E-state index >= 15 is 0 Å². The topological polar surface area (TPSA) is 72.5 Å². The lowest BCUT2D eigenvalue weighted by molar-refractivity contribution is -0.0448. The molecule has 0 unspecified atom stereocenters. The molecule has 0 radical (unpaired) electrons. The average Bonchev–Trinajstić information content (AvgIpc) is 2.64. The van der Waals surface area contributed by atoms with Crippen LogP contribution in [0, 0.1) is 0 Å². The molecule has 158 valence electrons. The molecule has 2 atom stereocenters. The standard InChI is InChI=1S/C17H13BrCl2F3NO4S/c18-13(9-24-29(26,27)17(21,22)23)15(12-7-6-11(19)8-14(12)20)28-16(25)10-4-2-1-3-5-10/h1-8,13,15,24H,9H2/t13-,15+/m1/s1. The molecular weight excluding hydrogens is 522 g/mol. The Morgan fingerprint density at radius 2 is 1.76 bits per heavy atom. The largest absolute Gasteiger partial charge is 0.511 e. The summed E-state index contributed by atoms with van der Waals surface area (Å²) in [6, 6.07) is 12.1. The molecule has 0 aliphatic carbocycles. The van der Waals surface area contributed by atoms with Crippen molar-refractivity contribution in [1.29, 1.82) is 0 Å². The van der Waals surface area contributed by atoms with Crippen molar-refractivity contribution < 1.29 is 31.1 Å². The smallest absolute Gasteiger partial charge is 0.453 e. The van der Waals surface area contributed by atoms with Crippen LogP contribution in [0.15, 0.2) is 48.5 Å². The number of benzene rings is 2. The number of esters is 1. The van der Waals surface area contributed by atoms with Crippen LogP contribution in [0.25, 0.3) is 0 Å². The highest BCUT2D eigenvalue weighted by Crippen LogP contribution is 2.34. The van der Waals surface area contributed by atoms with E-state index in [0.29, 0.717) is 0 Å². The van der Waals surface area contributed by atoms with Gasteiger partial charge in [-0.05, 0) is 24.3 Å². The maximum atomic E-state index is 12.6. The third-order valence-electron chi connectivity index (χ3n) is 3.61. The van der Waals surface area contributed by atoms with Crippen molar-refractivity contribution in [2.75, 3.05) is 6.54 Å². The van der Waals surface area contributed by atoms with Gasteiger partial charge >= 0.3 is 21.5 Å². The molecule has 0 aromatic heterocycles. The van der Waals surface area contributed by atoms with E-state index in [1.807, 2.05) is 0 Å². The van der Waals surface area contributed by atoms with Crippen molar-refractivity contribution in [1.82, 2.24) is 4.72 Å². The quantitative estimate of drug-likeness (QED) is 0.396. The molecule has 0 aliphatic heterocycles. The van der Waals surface area contributed by atoms with Gasteiger partial charge in [-0.25, -0.2) is 17.9 Å². The van der Waals surface area contributed by atoms with Gasteiger partial charge in [0.05, 0.1) is 10.4 Å². The first-order valence-electron chi connectivity index (χ1n) is 7.83. The van der Waals surface area contributed by atoms with Crippen LogP contribution < -0.4 is 4.72 Å². The van der Waals surface area contributed by atoms with Gasteiger partial charge in [0.25, 0.3) is 0 Å². The van der Waals surface area contributed by atoms with E-state index < -0.39 is 39.0 Å².